The maximum Gasteiger partial charge on any atom is 0.0431 e. The Bertz CT molecular complexity index is 360. The molecule has 0 aromatic heterocycles. The molecule has 0 heterocycles. The minimum atomic E-state index is 0.236. The summed E-state index contributed by atoms with van der Waals surface area (Å²) in [4.78, 5) is 0. The molecule has 0 aliphatic heterocycles. The summed E-state index contributed by atoms with van der Waals surface area (Å²) in [5.41, 5.74) is 2.95. The molecule has 0 saturated heterocycles. The van der Waals surface area contributed by atoms with Crippen LogP contribution >= 0.6 is 0 Å². The van der Waals surface area contributed by atoms with Crippen LogP contribution in [0.5, 0.6) is 0 Å². The number of aryl methyl sites for hydroxylation is 1. The summed E-state index contributed by atoms with van der Waals surface area (Å²) >= 11 is 0. The van der Waals surface area contributed by atoms with Crippen LogP contribution in [0.3, 0.4) is 0 Å². The SMILES string of the molecule is Cc1ccccc1C(C)NCC(C)(C)CCCO. The van der Waals surface area contributed by atoms with Crippen molar-refractivity contribution in [2.24, 2.45) is 5.41 Å². The molecule has 2 N–H and O–H groups in total. The Balaban J connectivity index is 2.51. The van der Waals surface area contributed by atoms with Crippen molar-refractivity contribution in [3.63, 3.8) is 0 Å². The second kappa shape index (κ2) is 6.91. The molecule has 1 aromatic carbocycles. The normalized spacial score (nSPS) is 13.6. The molecule has 0 saturated carbocycles. The van der Waals surface area contributed by atoms with Crippen LogP contribution in [-0.2, 0) is 0 Å². The minimum Gasteiger partial charge on any atom is -0.396 e. The monoisotopic (exact) mass is 249 g/mol. The lowest BCUT2D eigenvalue weighted by Gasteiger charge is -2.27. The maximum absolute atomic E-state index is 8.90. The molecule has 1 unspecified atom stereocenters. The van der Waals surface area contributed by atoms with Crippen molar-refractivity contribution in [2.75, 3.05) is 13.2 Å². The van der Waals surface area contributed by atoms with E-state index in [0.717, 1.165) is 19.4 Å². The van der Waals surface area contributed by atoms with E-state index in [9.17, 15) is 0 Å². The zero-order chi connectivity index (χ0) is 13.6. The molecule has 102 valence electrons. The molecule has 0 spiro atoms. The zero-order valence-electron chi connectivity index (χ0n) is 12.2. The average molecular weight is 249 g/mol. The third kappa shape index (κ3) is 4.79. The Morgan fingerprint density at radius 2 is 1.94 bits per heavy atom. The lowest BCUT2D eigenvalue weighted by molar-refractivity contribution is 0.233. The van der Waals surface area contributed by atoms with Crippen molar-refractivity contribution in [1.82, 2.24) is 5.32 Å². The van der Waals surface area contributed by atoms with Crippen LogP contribution in [0, 0.1) is 12.3 Å². The predicted octanol–water partition coefficient (Wildman–Crippen LogP) is 3.44. The van der Waals surface area contributed by atoms with Crippen molar-refractivity contribution in [1.29, 1.82) is 0 Å². The van der Waals surface area contributed by atoms with Gasteiger partial charge in [0.2, 0.25) is 0 Å². The molecule has 18 heavy (non-hydrogen) atoms. The lowest BCUT2D eigenvalue weighted by atomic mass is 9.87. The molecule has 2 heteroatoms. The third-order valence-electron chi connectivity index (χ3n) is 3.55. The molecule has 0 aliphatic carbocycles. The van der Waals surface area contributed by atoms with E-state index in [4.69, 9.17) is 5.11 Å². The van der Waals surface area contributed by atoms with E-state index in [-0.39, 0.29) is 12.0 Å². The van der Waals surface area contributed by atoms with Crippen molar-refractivity contribution in [3.05, 3.63) is 35.4 Å². The third-order valence-corrected chi connectivity index (χ3v) is 3.55. The Morgan fingerprint density at radius 1 is 1.28 bits per heavy atom. The Kier molecular flexibility index (Phi) is 5.83. The molecule has 0 bridgehead atoms. The molecule has 0 fully saturated rings. The van der Waals surface area contributed by atoms with Crippen LogP contribution in [-0.4, -0.2) is 18.3 Å². The van der Waals surface area contributed by atoms with E-state index in [1.54, 1.807) is 0 Å². The van der Waals surface area contributed by atoms with Crippen LogP contribution in [0.25, 0.3) is 0 Å². The van der Waals surface area contributed by atoms with Crippen molar-refractivity contribution in [3.8, 4) is 0 Å². The Hall–Kier alpha value is -0.860. The maximum atomic E-state index is 8.90. The molecule has 1 rings (SSSR count). The number of hydrogen-bond acceptors (Lipinski definition) is 2. The first-order valence-electron chi connectivity index (χ1n) is 6.86. The fourth-order valence-corrected chi connectivity index (χ4v) is 2.26. The fraction of sp³-hybridized carbons (Fsp3) is 0.625. The van der Waals surface area contributed by atoms with E-state index < -0.39 is 0 Å². The van der Waals surface area contributed by atoms with Gasteiger partial charge in [-0.15, -0.1) is 0 Å². The van der Waals surface area contributed by atoms with Gasteiger partial charge in [-0.2, -0.15) is 0 Å². The van der Waals surface area contributed by atoms with Gasteiger partial charge in [0.05, 0.1) is 0 Å². The first kappa shape index (κ1) is 15.2. The predicted molar refractivity (Wildman–Crippen MR) is 77.7 cm³/mol. The highest BCUT2D eigenvalue weighted by Crippen LogP contribution is 2.23. The van der Waals surface area contributed by atoms with Crippen LogP contribution in [0.1, 0.15) is 50.8 Å². The van der Waals surface area contributed by atoms with Gasteiger partial charge in [-0.05, 0) is 43.2 Å². The number of rotatable bonds is 7. The highest BCUT2D eigenvalue weighted by molar-refractivity contribution is 5.28. The molecular formula is C16H27NO. The molecule has 0 radical (unpaired) electrons. The van der Waals surface area contributed by atoms with Crippen molar-refractivity contribution >= 4 is 0 Å². The quantitative estimate of drug-likeness (QED) is 0.776. The van der Waals surface area contributed by atoms with Crippen molar-refractivity contribution in [2.45, 2.75) is 46.6 Å². The van der Waals surface area contributed by atoms with Gasteiger partial charge in [0, 0.05) is 19.2 Å². The molecule has 0 amide bonds. The summed E-state index contributed by atoms with van der Waals surface area (Å²) < 4.78 is 0. The summed E-state index contributed by atoms with van der Waals surface area (Å²) in [6.45, 7) is 10.1. The Morgan fingerprint density at radius 3 is 2.56 bits per heavy atom. The van der Waals surface area contributed by atoms with Gasteiger partial charge >= 0.3 is 0 Å². The van der Waals surface area contributed by atoms with E-state index in [0.29, 0.717) is 6.04 Å². The molecule has 2 nitrogen and oxygen atoms in total. The summed E-state index contributed by atoms with van der Waals surface area (Å²) in [5, 5.41) is 12.5. The second-order valence-corrected chi connectivity index (χ2v) is 5.95. The van der Waals surface area contributed by atoms with Gasteiger partial charge in [-0.25, -0.2) is 0 Å². The smallest absolute Gasteiger partial charge is 0.0431 e. The molecule has 1 atom stereocenters. The lowest BCUT2D eigenvalue weighted by Crippen LogP contribution is -2.31. The van der Waals surface area contributed by atoms with E-state index in [1.807, 2.05) is 0 Å². The van der Waals surface area contributed by atoms with Crippen LogP contribution in [0.2, 0.25) is 0 Å². The largest absolute Gasteiger partial charge is 0.396 e. The first-order chi connectivity index (χ1) is 8.46. The van der Waals surface area contributed by atoms with Gasteiger partial charge < -0.3 is 10.4 Å². The molecule has 1 aromatic rings. The highest BCUT2D eigenvalue weighted by atomic mass is 16.2. The number of nitrogens with one attached hydrogen (secondary N) is 1. The van der Waals surface area contributed by atoms with Crippen LogP contribution in [0.15, 0.2) is 24.3 Å². The van der Waals surface area contributed by atoms with Crippen LogP contribution in [0.4, 0.5) is 0 Å². The summed E-state index contributed by atoms with van der Waals surface area (Å²) in [7, 11) is 0. The first-order valence-corrected chi connectivity index (χ1v) is 6.86. The Labute approximate surface area is 111 Å². The van der Waals surface area contributed by atoms with E-state index in [1.165, 1.54) is 11.1 Å². The molecule has 0 aliphatic rings. The standard InChI is InChI=1S/C16H27NO/c1-13-8-5-6-9-15(13)14(2)17-12-16(3,4)10-7-11-18/h5-6,8-9,14,17-18H,7,10-12H2,1-4H3. The van der Waals surface area contributed by atoms with Gasteiger partial charge in [-0.3, -0.25) is 0 Å². The van der Waals surface area contributed by atoms with E-state index >= 15 is 0 Å². The van der Waals surface area contributed by atoms with Crippen molar-refractivity contribution < 1.29 is 5.11 Å². The summed E-state index contributed by atoms with van der Waals surface area (Å²) in [6.07, 6.45) is 1.93. The average Bonchev–Trinajstić information content (AvgIpc) is 2.34. The van der Waals surface area contributed by atoms with Crippen LogP contribution < -0.4 is 5.32 Å². The topological polar surface area (TPSA) is 32.3 Å². The van der Waals surface area contributed by atoms with Gasteiger partial charge in [0.25, 0.3) is 0 Å². The number of aliphatic hydroxyl groups excluding tert-OH is 1. The second-order valence-electron chi connectivity index (χ2n) is 5.95. The van der Waals surface area contributed by atoms with Gasteiger partial charge in [-0.1, -0.05) is 38.1 Å². The number of aliphatic hydroxyl groups is 1. The minimum absolute atomic E-state index is 0.236. The zero-order valence-corrected chi connectivity index (χ0v) is 12.2. The number of hydrogen-bond donors (Lipinski definition) is 2. The highest BCUT2D eigenvalue weighted by Gasteiger charge is 2.18. The summed E-state index contributed by atoms with van der Waals surface area (Å²) in [5.74, 6) is 0. The fourth-order valence-electron chi connectivity index (χ4n) is 2.26. The summed E-state index contributed by atoms with van der Waals surface area (Å²) in [6, 6.07) is 8.89. The van der Waals surface area contributed by atoms with Gasteiger partial charge in [0.15, 0.2) is 0 Å². The van der Waals surface area contributed by atoms with E-state index in [2.05, 4.69) is 57.3 Å². The molecular weight excluding hydrogens is 222 g/mol. The number of benzene rings is 1. The van der Waals surface area contributed by atoms with Gasteiger partial charge in [0.1, 0.15) is 0 Å².